The minimum absolute atomic E-state index is 0.0986. The molecule has 5 nitrogen and oxygen atoms in total. The van der Waals surface area contributed by atoms with Crippen molar-refractivity contribution in [2.45, 2.75) is 38.6 Å². The molecule has 21 heavy (non-hydrogen) atoms. The van der Waals surface area contributed by atoms with Gasteiger partial charge in [0.1, 0.15) is 5.01 Å². The van der Waals surface area contributed by atoms with Crippen LogP contribution in [0.15, 0.2) is 17.5 Å². The Morgan fingerprint density at radius 1 is 1.38 bits per heavy atom. The van der Waals surface area contributed by atoms with E-state index in [2.05, 4.69) is 32.3 Å². The summed E-state index contributed by atoms with van der Waals surface area (Å²) in [5.74, 6) is 0.533. The number of nitrogens with one attached hydrogen (secondary N) is 2. The maximum atomic E-state index is 12.2. The zero-order chi connectivity index (χ0) is 14.7. The zero-order valence-electron chi connectivity index (χ0n) is 11.8. The Morgan fingerprint density at radius 2 is 2.19 bits per heavy atom. The Morgan fingerprint density at radius 3 is 2.81 bits per heavy atom. The molecular formula is C14H18N4OS2. The molecule has 2 aromatic rings. The Bertz CT molecular complexity index is 590. The molecule has 1 unspecified atom stereocenters. The monoisotopic (exact) mass is 322 g/mol. The van der Waals surface area contributed by atoms with Gasteiger partial charge in [0.25, 0.3) is 0 Å². The molecule has 1 saturated carbocycles. The fraction of sp³-hybridized carbons (Fsp3) is 0.500. The number of carbonyl (C=O) groups excluding carboxylic acids is 1. The highest BCUT2D eigenvalue weighted by Gasteiger charge is 2.28. The molecule has 1 fully saturated rings. The van der Waals surface area contributed by atoms with Gasteiger partial charge in [-0.2, -0.15) is 0 Å². The lowest BCUT2D eigenvalue weighted by Crippen LogP contribution is -2.35. The van der Waals surface area contributed by atoms with Crippen molar-refractivity contribution < 1.29 is 4.79 Å². The van der Waals surface area contributed by atoms with E-state index in [1.165, 1.54) is 41.9 Å². The maximum absolute atomic E-state index is 12.2. The van der Waals surface area contributed by atoms with Crippen LogP contribution in [-0.2, 0) is 0 Å². The van der Waals surface area contributed by atoms with Crippen molar-refractivity contribution in [3.8, 4) is 0 Å². The first kappa shape index (κ1) is 14.5. The van der Waals surface area contributed by atoms with Gasteiger partial charge in [-0.3, -0.25) is 5.32 Å². The van der Waals surface area contributed by atoms with Gasteiger partial charge in [0.05, 0.1) is 6.04 Å². The van der Waals surface area contributed by atoms with Crippen molar-refractivity contribution in [1.82, 2.24) is 15.5 Å². The molecule has 0 saturated heterocycles. The maximum Gasteiger partial charge on any atom is 0.321 e. The van der Waals surface area contributed by atoms with Gasteiger partial charge in [-0.25, -0.2) is 4.79 Å². The molecule has 2 heterocycles. The van der Waals surface area contributed by atoms with Crippen molar-refractivity contribution in [1.29, 1.82) is 0 Å². The lowest BCUT2D eigenvalue weighted by atomic mass is 9.97. The molecule has 0 aromatic carbocycles. The van der Waals surface area contributed by atoms with E-state index in [1.54, 1.807) is 11.3 Å². The summed E-state index contributed by atoms with van der Waals surface area (Å²) in [7, 11) is 0. The molecule has 0 aliphatic heterocycles. The molecule has 1 aliphatic carbocycles. The van der Waals surface area contributed by atoms with Crippen LogP contribution in [0, 0.1) is 12.8 Å². The van der Waals surface area contributed by atoms with Crippen molar-refractivity contribution in [3.63, 3.8) is 0 Å². The first-order valence-corrected chi connectivity index (χ1v) is 8.83. The van der Waals surface area contributed by atoms with Crippen LogP contribution in [0.1, 0.15) is 41.6 Å². The van der Waals surface area contributed by atoms with E-state index in [0.717, 1.165) is 5.01 Å². The number of nitrogens with zero attached hydrogens (tertiary/aromatic N) is 2. The van der Waals surface area contributed by atoms with Crippen LogP contribution in [0.4, 0.5) is 9.93 Å². The molecule has 7 heteroatoms. The summed E-state index contributed by atoms with van der Waals surface area (Å²) in [6, 6.07) is 4.04. The van der Waals surface area contributed by atoms with Gasteiger partial charge >= 0.3 is 6.03 Å². The quantitative estimate of drug-likeness (QED) is 0.895. The Balaban J connectivity index is 1.67. The normalized spacial score (nSPS) is 16.8. The highest BCUT2D eigenvalue weighted by molar-refractivity contribution is 7.15. The molecule has 0 bridgehead atoms. The van der Waals surface area contributed by atoms with Gasteiger partial charge in [-0.05, 0) is 37.1 Å². The van der Waals surface area contributed by atoms with Gasteiger partial charge in [-0.15, -0.1) is 21.5 Å². The minimum atomic E-state index is -0.198. The molecule has 3 rings (SSSR count). The van der Waals surface area contributed by atoms with Crippen LogP contribution in [0.25, 0.3) is 0 Å². The van der Waals surface area contributed by atoms with E-state index < -0.39 is 0 Å². The predicted octanol–water partition coefficient (Wildman–Crippen LogP) is 3.96. The van der Waals surface area contributed by atoms with Crippen LogP contribution in [0.5, 0.6) is 0 Å². The average Bonchev–Trinajstić information content (AvgIpc) is 3.19. The third-order valence-corrected chi connectivity index (χ3v) is 5.46. The second-order valence-electron chi connectivity index (χ2n) is 5.26. The number of aryl methyl sites for hydroxylation is 1. The van der Waals surface area contributed by atoms with Crippen molar-refractivity contribution >= 4 is 33.8 Å². The SMILES string of the molecule is Cc1nnc(NC(=O)NC(c2cccs2)C2CCCC2)s1. The number of aromatic nitrogens is 2. The highest BCUT2D eigenvalue weighted by Crippen LogP contribution is 2.37. The second-order valence-corrected chi connectivity index (χ2v) is 7.42. The molecule has 0 spiro atoms. The number of rotatable bonds is 4. The lowest BCUT2D eigenvalue weighted by molar-refractivity contribution is 0.243. The standard InChI is InChI=1S/C14H18N4OS2/c1-9-17-18-14(21-9)16-13(19)15-12(10-5-2-3-6-10)11-7-4-8-20-11/h4,7-8,10,12H,2-3,5-6H2,1H3,(H2,15,16,18,19). The number of hydrogen-bond donors (Lipinski definition) is 2. The Hall–Kier alpha value is -1.47. The van der Waals surface area contributed by atoms with Gasteiger partial charge in [0.15, 0.2) is 0 Å². The third-order valence-electron chi connectivity index (χ3n) is 3.75. The van der Waals surface area contributed by atoms with Gasteiger partial charge in [-0.1, -0.05) is 30.2 Å². The van der Waals surface area contributed by atoms with Crippen LogP contribution in [-0.4, -0.2) is 16.2 Å². The first-order chi connectivity index (χ1) is 10.2. The largest absolute Gasteiger partial charge is 0.330 e. The number of anilines is 1. The Labute approximate surface area is 131 Å². The summed E-state index contributed by atoms with van der Waals surface area (Å²) in [5, 5.41) is 17.2. The summed E-state index contributed by atoms with van der Waals surface area (Å²) < 4.78 is 0. The van der Waals surface area contributed by atoms with E-state index in [1.807, 2.05) is 13.0 Å². The lowest BCUT2D eigenvalue weighted by Gasteiger charge is -2.23. The number of thiophene rings is 1. The number of amides is 2. The summed E-state index contributed by atoms with van der Waals surface area (Å²) in [5.41, 5.74) is 0. The van der Waals surface area contributed by atoms with E-state index in [9.17, 15) is 4.79 Å². The zero-order valence-corrected chi connectivity index (χ0v) is 13.5. The fourth-order valence-electron chi connectivity index (χ4n) is 2.80. The molecule has 112 valence electrons. The van der Waals surface area contributed by atoms with Gasteiger partial charge in [0, 0.05) is 4.88 Å². The number of urea groups is 1. The van der Waals surface area contributed by atoms with E-state index in [4.69, 9.17) is 0 Å². The van der Waals surface area contributed by atoms with E-state index >= 15 is 0 Å². The predicted molar refractivity (Wildman–Crippen MR) is 85.8 cm³/mol. The fourth-order valence-corrected chi connectivity index (χ4v) is 4.26. The van der Waals surface area contributed by atoms with Crippen molar-refractivity contribution in [3.05, 3.63) is 27.4 Å². The number of hydrogen-bond acceptors (Lipinski definition) is 5. The molecule has 1 atom stereocenters. The smallest absolute Gasteiger partial charge is 0.321 e. The molecular weight excluding hydrogens is 304 g/mol. The molecule has 2 amide bonds. The topological polar surface area (TPSA) is 66.9 Å². The van der Waals surface area contributed by atoms with Crippen LogP contribution >= 0.6 is 22.7 Å². The minimum Gasteiger partial charge on any atom is -0.330 e. The summed E-state index contributed by atoms with van der Waals surface area (Å²) in [6.07, 6.45) is 4.87. The van der Waals surface area contributed by atoms with Crippen LogP contribution in [0.2, 0.25) is 0 Å². The summed E-state index contributed by atoms with van der Waals surface area (Å²) >= 11 is 3.08. The van der Waals surface area contributed by atoms with Crippen molar-refractivity contribution in [2.75, 3.05) is 5.32 Å². The molecule has 2 aromatic heterocycles. The second kappa shape index (κ2) is 6.53. The van der Waals surface area contributed by atoms with E-state index in [0.29, 0.717) is 11.0 Å². The van der Waals surface area contributed by atoms with Crippen LogP contribution in [0.3, 0.4) is 0 Å². The number of carbonyl (C=O) groups is 1. The Kier molecular flexibility index (Phi) is 4.50. The van der Waals surface area contributed by atoms with Crippen LogP contribution < -0.4 is 10.6 Å². The average molecular weight is 322 g/mol. The van der Waals surface area contributed by atoms with Gasteiger partial charge < -0.3 is 5.32 Å². The highest BCUT2D eigenvalue weighted by atomic mass is 32.1. The van der Waals surface area contributed by atoms with Crippen molar-refractivity contribution in [2.24, 2.45) is 5.92 Å². The van der Waals surface area contributed by atoms with Gasteiger partial charge in [0.2, 0.25) is 5.13 Å². The molecule has 0 radical (unpaired) electrons. The molecule has 1 aliphatic rings. The summed E-state index contributed by atoms with van der Waals surface area (Å²) in [6.45, 7) is 1.87. The third kappa shape index (κ3) is 3.59. The first-order valence-electron chi connectivity index (χ1n) is 7.13. The molecule has 2 N–H and O–H groups in total. The summed E-state index contributed by atoms with van der Waals surface area (Å²) in [4.78, 5) is 13.4. The van der Waals surface area contributed by atoms with E-state index in [-0.39, 0.29) is 12.1 Å².